The highest BCUT2D eigenvalue weighted by atomic mass is 35.5. The molecule has 0 fully saturated rings. The molecule has 0 radical (unpaired) electrons. The maximum atomic E-state index is 12.2. The zero-order valence-electron chi connectivity index (χ0n) is 11.2. The highest BCUT2D eigenvalue weighted by Crippen LogP contribution is 2.22. The van der Waals surface area contributed by atoms with Gasteiger partial charge in [-0.15, -0.1) is 0 Å². The van der Waals surface area contributed by atoms with Gasteiger partial charge in [0.15, 0.2) is 0 Å². The van der Waals surface area contributed by atoms with Gasteiger partial charge in [0.1, 0.15) is 0 Å². The third-order valence-corrected chi connectivity index (χ3v) is 5.81. The summed E-state index contributed by atoms with van der Waals surface area (Å²) in [6, 6.07) is 4.55. The lowest BCUT2D eigenvalue weighted by atomic mass is 10.2. The van der Waals surface area contributed by atoms with Crippen molar-refractivity contribution >= 4 is 33.4 Å². The first-order chi connectivity index (χ1) is 8.72. The van der Waals surface area contributed by atoms with E-state index in [1.807, 2.05) is 20.1 Å². The van der Waals surface area contributed by atoms with E-state index in [2.05, 4.69) is 4.72 Å². The van der Waals surface area contributed by atoms with E-state index in [4.69, 9.17) is 17.3 Å². The third kappa shape index (κ3) is 4.65. The number of hydrogen-bond donors (Lipinski definition) is 2. The standard InChI is InChI=1S/C12H19ClN2O2S2/c1-12(2,18-3)8-15-19(16,17)10-4-5-11(13)9(6-10)7-14/h4-6,15H,7-8,14H2,1-3H3. The molecule has 0 saturated carbocycles. The minimum atomic E-state index is -3.53. The number of nitrogens with one attached hydrogen (secondary N) is 1. The number of benzene rings is 1. The minimum Gasteiger partial charge on any atom is -0.326 e. The molecule has 0 aliphatic carbocycles. The van der Waals surface area contributed by atoms with Crippen LogP contribution in [0.15, 0.2) is 23.1 Å². The van der Waals surface area contributed by atoms with Crippen molar-refractivity contribution in [3.63, 3.8) is 0 Å². The molecule has 0 aromatic heterocycles. The van der Waals surface area contributed by atoms with Crippen molar-refractivity contribution < 1.29 is 8.42 Å². The van der Waals surface area contributed by atoms with Gasteiger partial charge in [0, 0.05) is 22.9 Å². The van der Waals surface area contributed by atoms with Gasteiger partial charge >= 0.3 is 0 Å². The van der Waals surface area contributed by atoms with Crippen molar-refractivity contribution in [3.8, 4) is 0 Å². The van der Waals surface area contributed by atoms with Crippen molar-refractivity contribution in [2.24, 2.45) is 5.73 Å². The van der Waals surface area contributed by atoms with Crippen LogP contribution in [0, 0.1) is 0 Å². The maximum absolute atomic E-state index is 12.2. The van der Waals surface area contributed by atoms with Crippen LogP contribution in [0.1, 0.15) is 19.4 Å². The van der Waals surface area contributed by atoms with E-state index in [9.17, 15) is 8.42 Å². The van der Waals surface area contributed by atoms with E-state index in [0.717, 1.165) is 0 Å². The molecular weight excluding hydrogens is 304 g/mol. The molecule has 3 N–H and O–H groups in total. The van der Waals surface area contributed by atoms with Gasteiger partial charge in [-0.05, 0) is 43.9 Å². The number of thioether (sulfide) groups is 1. The van der Waals surface area contributed by atoms with Gasteiger partial charge < -0.3 is 5.73 Å². The van der Waals surface area contributed by atoms with Crippen LogP contribution < -0.4 is 10.5 Å². The second-order valence-corrected chi connectivity index (χ2v) is 8.43. The average Bonchev–Trinajstić information content (AvgIpc) is 2.37. The molecule has 0 aliphatic rings. The summed E-state index contributed by atoms with van der Waals surface area (Å²) in [5.41, 5.74) is 6.14. The van der Waals surface area contributed by atoms with E-state index in [0.29, 0.717) is 17.1 Å². The maximum Gasteiger partial charge on any atom is 0.240 e. The topological polar surface area (TPSA) is 72.2 Å². The van der Waals surface area contributed by atoms with Crippen LogP contribution in [0.5, 0.6) is 0 Å². The fourth-order valence-electron chi connectivity index (χ4n) is 1.30. The van der Waals surface area contributed by atoms with Crippen LogP contribution in [0.25, 0.3) is 0 Å². The SMILES string of the molecule is CSC(C)(C)CNS(=O)(=O)c1ccc(Cl)c(CN)c1. The third-order valence-electron chi connectivity index (χ3n) is 2.79. The van der Waals surface area contributed by atoms with E-state index >= 15 is 0 Å². The Hall–Kier alpha value is -0.270. The Morgan fingerprint density at radius 2 is 2.05 bits per heavy atom. The molecule has 0 unspecified atom stereocenters. The molecular formula is C12H19ClN2O2S2. The number of rotatable bonds is 6. The van der Waals surface area contributed by atoms with Gasteiger partial charge in [-0.2, -0.15) is 11.8 Å². The molecule has 0 aliphatic heterocycles. The Kier molecular flexibility index (Phi) is 5.70. The molecule has 0 bridgehead atoms. The van der Waals surface area contributed by atoms with Crippen LogP contribution in [0.3, 0.4) is 0 Å². The summed E-state index contributed by atoms with van der Waals surface area (Å²) in [5, 5.41) is 0.478. The predicted molar refractivity (Wildman–Crippen MR) is 82.1 cm³/mol. The Morgan fingerprint density at radius 1 is 1.42 bits per heavy atom. The molecule has 1 aromatic carbocycles. The summed E-state index contributed by atoms with van der Waals surface area (Å²) < 4.78 is 26.8. The summed E-state index contributed by atoms with van der Waals surface area (Å²) in [4.78, 5) is 0.189. The second kappa shape index (κ2) is 6.45. The van der Waals surface area contributed by atoms with Crippen LogP contribution in [0.4, 0.5) is 0 Å². The molecule has 7 heteroatoms. The van der Waals surface area contributed by atoms with Crippen molar-refractivity contribution in [1.29, 1.82) is 0 Å². The smallest absolute Gasteiger partial charge is 0.240 e. The first-order valence-electron chi connectivity index (χ1n) is 5.75. The lowest BCUT2D eigenvalue weighted by Gasteiger charge is -2.22. The Bertz CT molecular complexity index is 545. The Morgan fingerprint density at radius 3 is 2.58 bits per heavy atom. The fraction of sp³-hybridized carbons (Fsp3) is 0.500. The summed E-state index contributed by atoms with van der Waals surface area (Å²) in [7, 11) is -3.53. The average molecular weight is 323 g/mol. The van der Waals surface area contributed by atoms with E-state index in [-0.39, 0.29) is 16.2 Å². The highest BCUT2D eigenvalue weighted by Gasteiger charge is 2.21. The zero-order valence-corrected chi connectivity index (χ0v) is 13.6. The first kappa shape index (κ1) is 16.8. The van der Waals surface area contributed by atoms with Gasteiger partial charge in [0.25, 0.3) is 0 Å². The molecule has 19 heavy (non-hydrogen) atoms. The molecule has 1 rings (SSSR count). The van der Waals surface area contributed by atoms with Gasteiger partial charge in [0.05, 0.1) is 4.90 Å². The van der Waals surface area contributed by atoms with E-state index in [1.165, 1.54) is 12.1 Å². The quantitative estimate of drug-likeness (QED) is 0.842. The number of halogens is 1. The van der Waals surface area contributed by atoms with Gasteiger partial charge in [0.2, 0.25) is 10.0 Å². The molecule has 4 nitrogen and oxygen atoms in total. The monoisotopic (exact) mass is 322 g/mol. The lowest BCUT2D eigenvalue weighted by molar-refractivity contribution is 0.570. The summed E-state index contributed by atoms with van der Waals surface area (Å²) in [6.45, 7) is 4.52. The number of sulfonamides is 1. The Balaban J connectivity index is 2.95. The lowest BCUT2D eigenvalue weighted by Crippen LogP contribution is -2.36. The Labute approximate surface area is 124 Å². The van der Waals surface area contributed by atoms with E-state index < -0.39 is 10.0 Å². The van der Waals surface area contributed by atoms with Crippen LogP contribution in [0.2, 0.25) is 5.02 Å². The van der Waals surface area contributed by atoms with Crippen molar-refractivity contribution in [2.45, 2.75) is 30.0 Å². The minimum absolute atomic E-state index is 0.157. The summed E-state index contributed by atoms with van der Waals surface area (Å²) in [5.74, 6) is 0. The second-order valence-electron chi connectivity index (χ2n) is 4.75. The van der Waals surface area contributed by atoms with Crippen molar-refractivity contribution in [3.05, 3.63) is 28.8 Å². The molecule has 0 spiro atoms. The normalized spacial score (nSPS) is 12.7. The summed E-state index contributed by atoms with van der Waals surface area (Å²) >= 11 is 7.52. The largest absolute Gasteiger partial charge is 0.326 e. The molecule has 0 heterocycles. The molecule has 108 valence electrons. The molecule has 1 aromatic rings. The van der Waals surface area contributed by atoms with Crippen LogP contribution >= 0.6 is 23.4 Å². The first-order valence-corrected chi connectivity index (χ1v) is 8.84. The zero-order chi connectivity index (χ0) is 14.7. The van der Waals surface area contributed by atoms with Crippen molar-refractivity contribution in [1.82, 2.24) is 4.72 Å². The number of hydrogen-bond acceptors (Lipinski definition) is 4. The van der Waals surface area contributed by atoms with E-state index in [1.54, 1.807) is 17.8 Å². The molecule has 0 atom stereocenters. The molecule has 0 amide bonds. The predicted octanol–water partition coefficient (Wildman–Crippen LogP) is 2.22. The van der Waals surface area contributed by atoms with Crippen LogP contribution in [-0.2, 0) is 16.6 Å². The summed E-state index contributed by atoms with van der Waals surface area (Å²) in [6.07, 6.45) is 1.95. The van der Waals surface area contributed by atoms with Crippen LogP contribution in [-0.4, -0.2) is 26.0 Å². The molecule has 0 saturated heterocycles. The highest BCUT2D eigenvalue weighted by molar-refractivity contribution is 8.00. The van der Waals surface area contributed by atoms with Crippen molar-refractivity contribution in [2.75, 3.05) is 12.8 Å². The fourth-order valence-corrected chi connectivity index (χ4v) is 3.06. The number of nitrogens with two attached hydrogens (primary N) is 1. The van der Waals surface area contributed by atoms with Gasteiger partial charge in [-0.1, -0.05) is 11.6 Å². The van der Waals surface area contributed by atoms with Gasteiger partial charge in [-0.25, -0.2) is 13.1 Å². The van der Waals surface area contributed by atoms with Gasteiger partial charge in [-0.3, -0.25) is 0 Å².